The summed E-state index contributed by atoms with van der Waals surface area (Å²) in [7, 11) is 1.68. The Hall–Kier alpha value is -2.37. The molecule has 0 fully saturated rings. The quantitative estimate of drug-likeness (QED) is 0.756. The second-order valence-corrected chi connectivity index (χ2v) is 6.97. The zero-order chi connectivity index (χ0) is 17.1. The van der Waals surface area contributed by atoms with Gasteiger partial charge < -0.3 is 14.8 Å². The number of ether oxygens (including phenoxy) is 2. The van der Waals surface area contributed by atoms with E-state index in [-0.39, 0.29) is 6.04 Å². The van der Waals surface area contributed by atoms with Crippen molar-refractivity contribution >= 4 is 11.3 Å². The van der Waals surface area contributed by atoms with Crippen molar-refractivity contribution in [3.8, 4) is 22.8 Å². The van der Waals surface area contributed by atoms with Gasteiger partial charge in [0.1, 0.15) is 6.61 Å². The van der Waals surface area contributed by atoms with E-state index in [0.29, 0.717) is 6.61 Å². The number of methoxy groups -OCH3 is 1. The molecule has 0 bridgehead atoms. The number of nitrogens with zero attached hydrogens (tertiary/aromatic N) is 1. The highest BCUT2D eigenvalue weighted by Crippen LogP contribution is 2.34. The van der Waals surface area contributed by atoms with Gasteiger partial charge in [-0.15, -0.1) is 11.3 Å². The molecule has 25 heavy (non-hydrogen) atoms. The van der Waals surface area contributed by atoms with Gasteiger partial charge in [0.05, 0.1) is 18.3 Å². The van der Waals surface area contributed by atoms with Gasteiger partial charge in [-0.25, -0.2) is 4.98 Å². The molecule has 0 spiro atoms. The van der Waals surface area contributed by atoms with E-state index in [4.69, 9.17) is 9.47 Å². The molecule has 1 unspecified atom stereocenters. The fraction of sp³-hybridized carbons (Fsp3) is 0.250. The molecule has 2 heterocycles. The monoisotopic (exact) mass is 352 g/mol. The SMILES string of the molecule is COc1cccc2c1OCC(NCc1scnc1-c1ccccc1)C2. The molecule has 0 saturated heterocycles. The number of hydrogen-bond acceptors (Lipinski definition) is 5. The molecular formula is C20H20N2O2S. The van der Waals surface area contributed by atoms with Crippen LogP contribution in [0.3, 0.4) is 0 Å². The van der Waals surface area contributed by atoms with E-state index < -0.39 is 0 Å². The maximum atomic E-state index is 5.94. The van der Waals surface area contributed by atoms with Crippen molar-refractivity contribution in [2.75, 3.05) is 13.7 Å². The van der Waals surface area contributed by atoms with E-state index in [1.807, 2.05) is 35.8 Å². The molecule has 128 valence electrons. The summed E-state index contributed by atoms with van der Waals surface area (Å²) in [5, 5.41) is 3.62. The van der Waals surface area contributed by atoms with Crippen LogP contribution in [0.4, 0.5) is 0 Å². The Labute approximate surface area is 151 Å². The van der Waals surface area contributed by atoms with E-state index in [0.717, 1.165) is 35.7 Å². The zero-order valence-corrected chi connectivity index (χ0v) is 14.9. The normalized spacial score (nSPS) is 16.1. The Balaban J connectivity index is 1.44. The van der Waals surface area contributed by atoms with Gasteiger partial charge in [0.2, 0.25) is 0 Å². The molecule has 3 aromatic rings. The summed E-state index contributed by atoms with van der Waals surface area (Å²) in [6.45, 7) is 1.44. The second-order valence-electron chi connectivity index (χ2n) is 6.03. The molecule has 4 nitrogen and oxygen atoms in total. The Morgan fingerprint density at radius 2 is 2.08 bits per heavy atom. The van der Waals surface area contributed by atoms with E-state index in [2.05, 4.69) is 28.5 Å². The lowest BCUT2D eigenvalue weighted by molar-refractivity contribution is 0.227. The van der Waals surface area contributed by atoms with Gasteiger partial charge >= 0.3 is 0 Å². The van der Waals surface area contributed by atoms with Gasteiger partial charge in [0, 0.05) is 23.0 Å². The van der Waals surface area contributed by atoms with Crippen LogP contribution in [-0.2, 0) is 13.0 Å². The molecule has 1 N–H and O–H groups in total. The Kier molecular flexibility index (Phi) is 4.68. The average molecular weight is 352 g/mol. The molecule has 0 aliphatic carbocycles. The Morgan fingerprint density at radius 1 is 1.20 bits per heavy atom. The number of rotatable bonds is 5. The average Bonchev–Trinajstić information content (AvgIpc) is 3.15. The molecule has 5 heteroatoms. The maximum absolute atomic E-state index is 5.94. The Morgan fingerprint density at radius 3 is 2.92 bits per heavy atom. The first-order valence-electron chi connectivity index (χ1n) is 8.35. The summed E-state index contributed by atoms with van der Waals surface area (Å²) in [6.07, 6.45) is 0.937. The van der Waals surface area contributed by atoms with Crippen LogP contribution < -0.4 is 14.8 Å². The molecule has 4 rings (SSSR count). The van der Waals surface area contributed by atoms with Gasteiger partial charge in [0.25, 0.3) is 0 Å². The summed E-state index contributed by atoms with van der Waals surface area (Å²) in [5.41, 5.74) is 5.33. The molecule has 1 aliphatic rings. The van der Waals surface area contributed by atoms with Crippen molar-refractivity contribution in [3.05, 3.63) is 64.5 Å². The van der Waals surface area contributed by atoms with E-state index in [1.54, 1.807) is 18.4 Å². The fourth-order valence-electron chi connectivity index (χ4n) is 3.15. The van der Waals surface area contributed by atoms with Crippen molar-refractivity contribution in [2.24, 2.45) is 0 Å². The summed E-state index contributed by atoms with van der Waals surface area (Å²) in [4.78, 5) is 5.79. The fourth-order valence-corrected chi connectivity index (χ4v) is 3.88. The Bertz CT molecular complexity index is 848. The van der Waals surface area contributed by atoms with E-state index >= 15 is 0 Å². The van der Waals surface area contributed by atoms with Gasteiger partial charge in [-0.05, 0) is 18.1 Å². The third-order valence-corrected chi connectivity index (χ3v) is 5.25. The standard InChI is InChI=1S/C20H20N2O2S/c1-23-17-9-5-8-15-10-16(12-24-20(15)17)21-11-18-19(22-13-25-18)14-6-3-2-4-7-14/h2-9,13,16,21H,10-12H2,1H3. The number of benzene rings is 2. The van der Waals surface area contributed by atoms with Gasteiger partial charge in [0.15, 0.2) is 11.5 Å². The highest BCUT2D eigenvalue weighted by Gasteiger charge is 2.22. The third-order valence-electron chi connectivity index (χ3n) is 4.41. The van der Waals surface area contributed by atoms with Crippen molar-refractivity contribution in [1.82, 2.24) is 10.3 Å². The number of hydrogen-bond donors (Lipinski definition) is 1. The first-order valence-corrected chi connectivity index (χ1v) is 9.23. The van der Waals surface area contributed by atoms with E-state index in [1.165, 1.54) is 10.4 Å². The highest BCUT2D eigenvalue weighted by molar-refractivity contribution is 7.10. The predicted molar refractivity (Wildman–Crippen MR) is 100 cm³/mol. The first kappa shape index (κ1) is 16.1. The van der Waals surface area contributed by atoms with Crippen molar-refractivity contribution in [1.29, 1.82) is 0 Å². The number of fused-ring (bicyclic) bond motifs is 1. The minimum absolute atomic E-state index is 0.283. The lowest BCUT2D eigenvalue weighted by atomic mass is 10.0. The lowest BCUT2D eigenvalue weighted by Gasteiger charge is -2.27. The smallest absolute Gasteiger partial charge is 0.164 e. The van der Waals surface area contributed by atoms with Crippen LogP contribution in [0, 0.1) is 0 Å². The molecule has 1 aromatic heterocycles. The van der Waals surface area contributed by atoms with Gasteiger partial charge in [-0.1, -0.05) is 42.5 Å². The molecule has 0 amide bonds. The number of nitrogens with one attached hydrogen (secondary N) is 1. The third kappa shape index (κ3) is 3.38. The van der Waals surface area contributed by atoms with Crippen LogP contribution in [0.15, 0.2) is 54.0 Å². The predicted octanol–water partition coefficient (Wildman–Crippen LogP) is 3.91. The van der Waals surface area contributed by atoms with Crippen LogP contribution in [0.25, 0.3) is 11.3 Å². The van der Waals surface area contributed by atoms with Gasteiger partial charge in [-0.2, -0.15) is 0 Å². The number of aromatic nitrogens is 1. The van der Waals surface area contributed by atoms with Crippen LogP contribution in [0.2, 0.25) is 0 Å². The topological polar surface area (TPSA) is 43.4 Å². The summed E-state index contributed by atoms with van der Waals surface area (Å²) in [5.74, 6) is 1.69. The van der Waals surface area contributed by atoms with Crippen LogP contribution in [0.1, 0.15) is 10.4 Å². The van der Waals surface area contributed by atoms with Crippen molar-refractivity contribution < 1.29 is 9.47 Å². The van der Waals surface area contributed by atoms with E-state index in [9.17, 15) is 0 Å². The van der Waals surface area contributed by atoms with Gasteiger partial charge in [-0.3, -0.25) is 0 Å². The summed E-state index contributed by atoms with van der Waals surface area (Å²) < 4.78 is 11.3. The lowest BCUT2D eigenvalue weighted by Crippen LogP contribution is -2.38. The van der Waals surface area contributed by atoms with Crippen molar-refractivity contribution in [2.45, 2.75) is 19.0 Å². The van der Waals surface area contributed by atoms with Crippen LogP contribution in [-0.4, -0.2) is 24.7 Å². The molecular weight excluding hydrogens is 332 g/mol. The first-order chi connectivity index (χ1) is 12.3. The van der Waals surface area contributed by atoms with Crippen LogP contribution in [0.5, 0.6) is 11.5 Å². The largest absolute Gasteiger partial charge is 0.493 e. The molecule has 1 atom stereocenters. The minimum Gasteiger partial charge on any atom is -0.493 e. The number of para-hydroxylation sites is 1. The molecule has 1 aliphatic heterocycles. The molecule has 0 radical (unpaired) electrons. The molecule has 0 saturated carbocycles. The second kappa shape index (κ2) is 7.25. The van der Waals surface area contributed by atoms with Crippen molar-refractivity contribution in [3.63, 3.8) is 0 Å². The zero-order valence-electron chi connectivity index (χ0n) is 14.1. The minimum atomic E-state index is 0.283. The molecule has 2 aromatic carbocycles. The number of thiazole rings is 1. The summed E-state index contributed by atoms with van der Waals surface area (Å²) in [6, 6.07) is 16.7. The van der Waals surface area contributed by atoms with Crippen LogP contribution >= 0.6 is 11.3 Å². The highest BCUT2D eigenvalue weighted by atomic mass is 32.1. The maximum Gasteiger partial charge on any atom is 0.164 e. The summed E-state index contributed by atoms with van der Waals surface area (Å²) >= 11 is 1.69.